The fourth-order valence-electron chi connectivity index (χ4n) is 4.37. The number of hydrogen-bond acceptors (Lipinski definition) is 5. The molecule has 0 aliphatic heterocycles. The molecule has 32 heavy (non-hydrogen) atoms. The number of aromatic nitrogens is 2. The van der Waals surface area contributed by atoms with Crippen LogP contribution in [-0.4, -0.2) is 36.1 Å². The first-order valence-electron chi connectivity index (χ1n) is 11.5. The van der Waals surface area contributed by atoms with E-state index in [9.17, 15) is 0 Å². The van der Waals surface area contributed by atoms with Gasteiger partial charge in [0, 0.05) is 38.1 Å². The Hall–Kier alpha value is -2.66. The number of fused-ring (bicyclic) bond motifs is 1. The number of rotatable bonds is 7. The standard InChI is InChI=1S/C26H35N5.CH4/c1-18(2)20-11-9-19(10-12-20)17-27-21-13-15-22(16-14-21)28-26-29-24-8-6-5-7-23(24)25(30-26)31(3)4;/h5-12,18,21-22,27H,13-17H2,1-4H3,(H,28,29,30);1H4. The van der Waals surface area contributed by atoms with E-state index in [1.807, 2.05) is 26.2 Å². The Kier molecular flexibility index (Phi) is 8.08. The van der Waals surface area contributed by atoms with Gasteiger partial charge in [-0.1, -0.05) is 57.7 Å². The predicted molar refractivity (Wildman–Crippen MR) is 138 cm³/mol. The number of para-hydroxylation sites is 1. The molecule has 0 amide bonds. The second kappa shape index (κ2) is 10.8. The summed E-state index contributed by atoms with van der Waals surface area (Å²) < 4.78 is 0. The predicted octanol–water partition coefficient (Wildman–Crippen LogP) is 5.97. The first-order chi connectivity index (χ1) is 15.0. The van der Waals surface area contributed by atoms with Crippen LogP contribution in [-0.2, 0) is 6.54 Å². The van der Waals surface area contributed by atoms with Gasteiger partial charge in [-0.15, -0.1) is 0 Å². The van der Waals surface area contributed by atoms with Gasteiger partial charge in [0.15, 0.2) is 0 Å². The van der Waals surface area contributed by atoms with Gasteiger partial charge in [-0.3, -0.25) is 0 Å². The maximum Gasteiger partial charge on any atom is 0.225 e. The number of nitrogens with zero attached hydrogens (tertiary/aromatic N) is 3. The molecule has 5 heteroatoms. The second-order valence-corrected chi connectivity index (χ2v) is 9.25. The topological polar surface area (TPSA) is 53.1 Å². The van der Waals surface area contributed by atoms with E-state index < -0.39 is 0 Å². The molecule has 1 aliphatic carbocycles. The molecular formula is C27H39N5. The SMILES string of the molecule is C.CC(C)c1ccc(CNC2CCC(Nc3nc(N(C)C)c4ccccc4n3)CC2)cc1. The van der Waals surface area contributed by atoms with Gasteiger partial charge in [-0.25, -0.2) is 4.98 Å². The van der Waals surface area contributed by atoms with Gasteiger partial charge in [0.1, 0.15) is 5.82 Å². The molecule has 1 saturated carbocycles. The van der Waals surface area contributed by atoms with Gasteiger partial charge in [-0.2, -0.15) is 4.98 Å². The minimum absolute atomic E-state index is 0. The van der Waals surface area contributed by atoms with Crippen molar-refractivity contribution in [2.75, 3.05) is 24.3 Å². The maximum absolute atomic E-state index is 4.80. The van der Waals surface area contributed by atoms with E-state index in [1.165, 1.54) is 24.0 Å². The fourth-order valence-corrected chi connectivity index (χ4v) is 4.37. The van der Waals surface area contributed by atoms with Crippen molar-refractivity contribution < 1.29 is 0 Å². The van der Waals surface area contributed by atoms with Crippen molar-refractivity contribution in [1.82, 2.24) is 15.3 Å². The molecule has 5 nitrogen and oxygen atoms in total. The van der Waals surface area contributed by atoms with Crippen molar-refractivity contribution >= 4 is 22.7 Å². The second-order valence-electron chi connectivity index (χ2n) is 9.25. The Balaban J connectivity index is 0.00000289. The molecule has 2 aromatic carbocycles. The Bertz CT molecular complexity index is 989. The number of nitrogens with one attached hydrogen (secondary N) is 2. The smallest absolute Gasteiger partial charge is 0.225 e. The lowest BCUT2D eigenvalue weighted by Gasteiger charge is -2.30. The van der Waals surface area contributed by atoms with Gasteiger partial charge in [0.2, 0.25) is 5.95 Å². The summed E-state index contributed by atoms with van der Waals surface area (Å²) in [5.74, 6) is 2.29. The zero-order chi connectivity index (χ0) is 21.8. The molecule has 3 aromatic rings. The van der Waals surface area contributed by atoms with E-state index in [4.69, 9.17) is 9.97 Å². The van der Waals surface area contributed by atoms with Crippen LogP contribution < -0.4 is 15.5 Å². The highest BCUT2D eigenvalue weighted by Gasteiger charge is 2.22. The quantitative estimate of drug-likeness (QED) is 0.481. The van der Waals surface area contributed by atoms with Gasteiger partial charge in [-0.05, 0) is 54.9 Å². The van der Waals surface area contributed by atoms with Crippen LogP contribution >= 0.6 is 0 Å². The van der Waals surface area contributed by atoms with E-state index in [0.717, 1.165) is 42.1 Å². The summed E-state index contributed by atoms with van der Waals surface area (Å²) in [6, 6.07) is 18.3. The molecule has 1 aliphatic rings. The highest BCUT2D eigenvalue weighted by atomic mass is 15.2. The van der Waals surface area contributed by atoms with Gasteiger partial charge >= 0.3 is 0 Å². The van der Waals surface area contributed by atoms with Crippen molar-refractivity contribution in [1.29, 1.82) is 0 Å². The number of hydrogen-bond donors (Lipinski definition) is 2. The van der Waals surface area contributed by atoms with Crippen LogP contribution in [0.3, 0.4) is 0 Å². The third-order valence-corrected chi connectivity index (χ3v) is 6.31. The molecule has 1 fully saturated rings. The first kappa shape index (κ1) is 24.0. The Morgan fingerprint density at radius 2 is 1.56 bits per heavy atom. The third-order valence-electron chi connectivity index (χ3n) is 6.31. The summed E-state index contributed by atoms with van der Waals surface area (Å²) in [6.45, 7) is 5.43. The van der Waals surface area contributed by atoms with Crippen molar-refractivity contribution in [2.24, 2.45) is 0 Å². The van der Waals surface area contributed by atoms with Crippen LogP contribution in [0.4, 0.5) is 11.8 Å². The van der Waals surface area contributed by atoms with Crippen LogP contribution in [0.2, 0.25) is 0 Å². The summed E-state index contributed by atoms with van der Waals surface area (Å²) in [4.78, 5) is 11.6. The molecular weight excluding hydrogens is 394 g/mol. The molecule has 0 atom stereocenters. The van der Waals surface area contributed by atoms with Crippen LogP contribution in [0.15, 0.2) is 48.5 Å². The molecule has 2 N–H and O–H groups in total. The molecule has 0 unspecified atom stereocenters. The molecule has 0 spiro atoms. The summed E-state index contributed by atoms with van der Waals surface area (Å²) in [7, 11) is 4.07. The molecule has 0 saturated heterocycles. The maximum atomic E-state index is 4.80. The minimum atomic E-state index is 0. The van der Waals surface area contributed by atoms with Crippen molar-refractivity contribution in [3.05, 3.63) is 59.7 Å². The lowest BCUT2D eigenvalue weighted by Crippen LogP contribution is -2.37. The van der Waals surface area contributed by atoms with Crippen molar-refractivity contribution in [2.45, 2.75) is 71.5 Å². The van der Waals surface area contributed by atoms with Gasteiger partial charge in [0.25, 0.3) is 0 Å². The van der Waals surface area contributed by atoms with E-state index in [2.05, 4.69) is 65.8 Å². The molecule has 1 heterocycles. The summed E-state index contributed by atoms with van der Waals surface area (Å²) >= 11 is 0. The molecule has 0 bridgehead atoms. The van der Waals surface area contributed by atoms with Gasteiger partial charge in [0.05, 0.1) is 5.52 Å². The Labute approximate surface area is 193 Å². The lowest BCUT2D eigenvalue weighted by atomic mass is 9.91. The van der Waals surface area contributed by atoms with Gasteiger partial charge < -0.3 is 15.5 Å². The van der Waals surface area contributed by atoms with Crippen molar-refractivity contribution in [3.8, 4) is 0 Å². The van der Waals surface area contributed by atoms with E-state index in [0.29, 0.717) is 18.0 Å². The highest BCUT2D eigenvalue weighted by Crippen LogP contribution is 2.26. The van der Waals surface area contributed by atoms with E-state index >= 15 is 0 Å². The summed E-state index contributed by atoms with van der Waals surface area (Å²) in [6.07, 6.45) is 4.63. The number of benzene rings is 2. The number of anilines is 2. The normalized spacial score (nSPS) is 18.4. The molecule has 0 radical (unpaired) electrons. The van der Waals surface area contributed by atoms with Crippen LogP contribution in [0.25, 0.3) is 10.9 Å². The summed E-state index contributed by atoms with van der Waals surface area (Å²) in [5.41, 5.74) is 3.76. The third kappa shape index (κ3) is 5.77. The largest absolute Gasteiger partial charge is 0.362 e. The molecule has 4 rings (SSSR count). The lowest BCUT2D eigenvalue weighted by molar-refractivity contribution is 0.352. The average molecular weight is 434 g/mol. The van der Waals surface area contributed by atoms with Crippen LogP contribution in [0.1, 0.15) is 64.0 Å². The zero-order valence-electron chi connectivity index (χ0n) is 19.2. The van der Waals surface area contributed by atoms with Crippen molar-refractivity contribution in [3.63, 3.8) is 0 Å². The molecule has 172 valence electrons. The first-order valence-corrected chi connectivity index (χ1v) is 11.5. The van der Waals surface area contributed by atoms with Crippen LogP contribution in [0, 0.1) is 0 Å². The van der Waals surface area contributed by atoms with Crippen LogP contribution in [0.5, 0.6) is 0 Å². The monoisotopic (exact) mass is 433 g/mol. The Morgan fingerprint density at radius 1 is 0.906 bits per heavy atom. The average Bonchev–Trinajstić information content (AvgIpc) is 2.78. The highest BCUT2D eigenvalue weighted by molar-refractivity contribution is 5.90. The minimum Gasteiger partial charge on any atom is -0.362 e. The van der Waals surface area contributed by atoms with E-state index in [1.54, 1.807) is 0 Å². The fraction of sp³-hybridized carbons (Fsp3) is 0.481. The Morgan fingerprint density at radius 3 is 2.22 bits per heavy atom. The zero-order valence-corrected chi connectivity index (χ0v) is 19.2. The van der Waals surface area contributed by atoms with E-state index in [-0.39, 0.29) is 7.43 Å². The molecule has 1 aromatic heterocycles. The summed E-state index contributed by atoms with van der Waals surface area (Å²) in [5, 5.41) is 8.45.